The third-order valence-electron chi connectivity index (χ3n) is 4.78. The van der Waals surface area contributed by atoms with Gasteiger partial charge in [-0.3, -0.25) is 15.0 Å². The largest absolute Gasteiger partial charge is 0.493 e. The molecule has 3 aromatic rings. The Hall–Kier alpha value is -3.65. The van der Waals surface area contributed by atoms with Crippen molar-refractivity contribution in [1.82, 2.24) is 5.43 Å². The summed E-state index contributed by atoms with van der Waals surface area (Å²) >= 11 is 3.34. The molecule has 1 aliphatic heterocycles. The first-order chi connectivity index (χ1) is 15.4. The van der Waals surface area contributed by atoms with E-state index in [1.165, 1.54) is 30.3 Å². The van der Waals surface area contributed by atoms with Crippen molar-refractivity contribution in [3.63, 3.8) is 0 Å². The number of hydrazine groups is 1. The van der Waals surface area contributed by atoms with Crippen LogP contribution in [0.4, 0.5) is 10.1 Å². The van der Waals surface area contributed by atoms with Crippen molar-refractivity contribution in [2.45, 2.75) is 6.61 Å². The highest BCUT2D eigenvalue weighted by Crippen LogP contribution is 2.30. The Balaban J connectivity index is 1.53. The number of ether oxygens (including phenoxy) is 2. The number of hydrogen-bond acceptors (Lipinski definition) is 4. The van der Waals surface area contributed by atoms with Gasteiger partial charge in [0.25, 0.3) is 11.8 Å². The van der Waals surface area contributed by atoms with E-state index in [4.69, 9.17) is 9.47 Å². The summed E-state index contributed by atoms with van der Waals surface area (Å²) < 4.78 is 25.1. The molecule has 0 aliphatic carbocycles. The van der Waals surface area contributed by atoms with Gasteiger partial charge in [0.15, 0.2) is 11.5 Å². The van der Waals surface area contributed by atoms with Gasteiger partial charge in [0.05, 0.1) is 12.8 Å². The standard InChI is InChI=1S/C24H18BrFN2O4/c1-31-22-13-16(4-11-21(22)32-14-15-2-7-18(26)8-3-15)12-20-23(29)27-28(24(20)30)19-9-5-17(25)6-10-19/h2-13H,14H2,1H3,(H,27,29)/b20-12-. The maximum atomic E-state index is 13.0. The number of nitrogens with zero attached hydrogens (tertiary/aromatic N) is 1. The number of halogens is 2. The van der Waals surface area contributed by atoms with Crippen LogP contribution in [0.15, 0.2) is 76.8 Å². The van der Waals surface area contributed by atoms with Crippen LogP contribution in [0.25, 0.3) is 6.08 Å². The van der Waals surface area contributed by atoms with Crippen LogP contribution >= 0.6 is 15.9 Å². The van der Waals surface area contributed by atoms with Gasteiger partial charge in [-0.1, -0.05) is 34.1 Å². The maximum absolute atomic E-state index is 13.0. The quantitative estimate of drug-likeness (QED) is 0.398. The summed E-state index contributed by atoms with van der Waals surface area (Å²) in [5.41, 5.74) is 4.54. The fourth-order valence-electron chi connectivity index (χ4n) is 3.13. The van der Waals surface area contributed by atoms with E-state index < -0.39 is 11.8 Å². The zero-order valence-corrected chi connectivity index (χ0v) is 18.6. The molecule has 162 valence electrons. The van der Waals surface area contributed by atoms with Crippen LogP contribution in [0.1, 0.15) is 11.1 Å². The van der Waals surface area contributed by atoms with Crippen LogP contribution in [0.3, 0.4) is 0 Å². The minimum absolute atomic E-state index is 0.00922. The van der Waals surface area contributed by atoms with Crippen LogP contribution in [-0.2, 0) is 16.2 Å². The molecule has 1 N–H and O–H groups in total. The lowest BCUT2D eigenvalue weighted by Crippen LogP contribution is -2.35. The van der Waals surface area contributed by atoms with Crippen LogP contribution in [0, 0.1) is 5.82 Å². The molecule has 1 fully saturated rings. The molecule has 0 bridgehead atoms. The number of benzene rings is 3. The number of carbonyl (C=O) groups is 2. The van der Waals surface area contributed by atoms with Crippen LogP contribution in [0.2, 0.25) is 0 Å². The second-order valence-electron chi connectivity index (χ2n) is 6.94. The minimum Gasteiger partial charge on any atom is -0.493 e. The van der Waals surface area contributed by atoms with Gasteiger partial charge in [-0.2, -0.15) is 0 Å². The summed E-state index contributed by atoms with van der Waals surface area (Å²) in [6.07, 6.45) is 1.50. The van der Waals surface area contributed by atoms with Gasteiger partial charge in [-0.25, -0.2) is 9.40 Å². The summed E-state index contributed by atoms with van der Waals surface area (Å²) in [6, 6.07) is 18.1. The smallest absolute Gasteiger partial charge is 0.282 e. The fraction of sp³-hybridized carbons (Fsp3) is 0.0833. The van der Waals surface area contributed by atoms with E-state index in [0.717, 1.165) is 10.0 Å². The van der Waals surface area contributed by atoms with Gasteiger partial charge in [0, 0.05) is 4.47 Å². The second kappa shape index (κ2) is 9.23. The van der Waals surface area contributed by atoms with Crippen molar-refractivity contribution in [1.29, 1.82) is 0 Å². The summed E-state index contributed by atoms with van der Waals surface area (Å²) in [6.45, 7) is 0.236. The van der Waals surface area contributed by atoms with Crippen LogP contribution in [-0.4, -0.2) is 18.9 Å². The van der Waals surface area contributed by atoms with E-state index in [1.54, 1.807) is 54.6 Å². The Labute approximate surface area is 192 Å². The van der Waals surface area contributed by atoms with E-state index in [1.807, 2.05) is 0 Å². The van der Waals surface area contributed by atoms with Crippen LogP contribution in [0.5, 0.6) is 11.5 Å². The van der Waals surface area contributed by atoms with Crippen molar-refractivity contribution < 1.29 is 23.5 Å². The Morgan fingerprint density at radius 1 is 1.00 bits per heavy atom. The summed E-state index contributed by atoms with van der Waals surface area (Å²) in [5, 5.41) is 1.21. The summed E-state index contributed by atoms with van der Waals surface area (Å²) in [5.74, 6) is -0.330. The topological polar surface area (TPSA) is 67.9 Å². The molecule has 0 unspecified atom stereocenters. The Bertz CT molecular complexity index is 1190. The number of hydrogen-bond donors (Lipinski definition) is 1. The molecule has 1 heterocycles. The number of carbonyl (C=O) groups excluding carboxylic acids is 2. The van der Waals surface area contributed by atoms with Crippen molar-refractivity contribution in [2.75, 3.05) is 12.1 Å². The van der Waals surface area contributed by atoms with Gasteiger partial charge < -0.3 is 9.47 Å². The first-order valence-electron chi connectivity index (χ1n) is 9.62. The molecule has 6 nitrogen and oxygen atoms in total. The molecule has 32 heavy (non-hydrogen) atoms. The van der Waals surface area contributed by atoms with E-state index in [0.29, 0.717) is 22.7 Å². The first kappa shape index (κ1) is 21.6. The lowest BCUT2D eigenvalue weighted by atomic mass is 10.1. The molecule has 2 amide bonds. The lowest BCUT2D eigenvalue weighted by molar-refractivity contribution is -0.117. The average molecular weight is 497 g/mol. The minimum atomic E-state index is -0.492. The summed E-state index contributed by atoms with van der Waals surface area (Å²) in [7, 11) is 1.50. The molecule has 8 heteroatoms. The SMILES string of the molecule is COc1cc(/C=C2/C(=O)NN(c3ccc(Br)cc3)C2=O)ccc1OCc1ccc(F)cc1. The normalized spacial score (nSPS) is 14.6. The van der Waals surface area contributed by atoms with Crippen molar-refractivity contribution in [3.05, 3.63) is 93.7 Å². The highest BCUT2D eigenvalue weighted by Gasteiger charge is 2.34. The molecular weight excluding hydrogens is 479 g/mol. The van der Waals surface area contributed by atoms with Gasteiger partial charge in [-0.15, -0.1) is 0 Å². The lowest BCUT2D eigenvalue weighted by Gasteiger charge is -2.14. The third-order valence-corrected chi connectivity index (χ3v) is 5.31. The highest BCUT2D eigenvalue weighted by molar-refractivity contribution is 9.10. The summed E-state index contributed by atoms with van der Waals surface area (Å²) in [4.78, 5) is 25.2. The maximum Gasteiger partial charge on any atom is 0.282 e. The molecule has 0 saturated carbocycles. The second-order valence-corrected chi connectivity index (χ2v) is 7.86. The van der Waals surface area contributed by atoms with Gasteiger partial charge in [0.1, 0.15) is 18.0 Å². The predicted molar refractivity (Wildman–Crippen MR) is 121 cm³/mol. The molecule has 1 aliphatic rings. The monoisotopic (exact) mass is 496 g/mol. The van der Waals surface area contributed by atoms with E-state index in [-0.39, 0.29) is 18.0 Å². The molecular formula is C24H18BrFN2O4. The van der Waals surface area contributed by atoms with E-state index >= 15 is 0 Å². The Morgan fingerprint density at radius 3 is 2.41 bits per heavy atom. The van der Waals surface area contributed by atoms with Crippen LogP contribution < -0.4 is 19.9 Å². The highest BCUT2D eigenvalue weighted by atomic mass is 79.9. The molecule has 3 aromatic carbocycles. The van der Waals surface area contributed by atoms with E-state index in [9.17, 15) is 14.0 Å². The number of rotatable bonds is 6. The average Bonchev–Trinajstić information content (AvgIpc) is 3.08. The molecule has 0 aromatic heterocycles. The van der Waals surface area contributed by atoms with Crippen molar-refractivity contribution >= 4 is 39.5 Å². The third kappa shape index (κ3) is 4.65. The first-order valence-corrected chi connectivity index (χ1v) is 10.4. The molecule has 0 atom stereocenters. The van der Waals surface area contributed by atoms with Gasteiger partial charge in [-0.05, 0) is 65.7 Å². The molecule has 0 radical (unpaired) electrons. The van der Waals surface area contributed by atoms with Gasteiger partial charge in [0.2, 0.25) is 0 Å². The number of nitrogens with one attached hydrogen (secondary N) is 1. The van der Waals surface area contributed by atoms with Crippen molar-refractivity contribution in [2.24, 2.45) is 0 Å². The Kier molecular flexibility index (Phi) is 6.23. The van der Waals surface area contributed by atoms with Crippen molar-refractivity contribution in [3.8, 4) is 11.5 Å². The van der Waals surface area contributed by atoms with Gasteiger partial charge >= 0.3 is 0 Å². The zero-order valence-electron chi connectivity index (χ0n) is 17.0. The molecule has 0 spiro atoms. The number of methoxy groups -OCH3 is 1. The molecule has 4 rings (SSSR count). The molecule has 1 saturated heterocycles. The predicted octanol–water partition coefficient (Wildman–Crippen LogP) is 4.64. The zero-order chi connectivity index (χ0) is 22.7. The number of anilines is 1. The fourth-order valence-corrected chi connectivity index (χ4v) is 3.40. The number of amides is 2. The Morgan fingerprint density at radius 2 is 1.72 bits per heavy atom. The van der Waals surface area contributed by atoms with E-state index in [2.05, 4.69) is 21.4 Å².